The van der Waals surface area contributed by atoms with Crippen LogP contribution in [0.3, 0.4) is 0 Å². The molecule has 0 spiro atoms. The Bertz CT molecular complexity index is 515. The molecule has 0 aliphatic heterocycles. The molecule has 2 N–H and O–H groups in total. The summed E-state index contributed by atoms with van der Waals surface area (Å²) in [5, 5.41) is 6.65. The normalized spacial score (nSPS) is 14.3. The first-order valence-electron chi connectivity index (χ1n) is 7.64. The van der Waals surface area contributed by atoms with Crippen molar-refractivity contribution in [1.82, 2.24) is 10.6 Å². The smallest absolute Gasteiger partial charge is 0.191 e. The number of hydrogen-bond donors (Lipinski definition) is 2. The van der Waals surface area contributed by atoms with Gasteiger partial charge in [0.25, 0.3) is 0 Å². The second-order valence-electron chi connectivity index (χ2n) is 6.20. The van der Waals surface area contributed by atoms with Crippen LogP contribution in [0.25, 0.3) is 0 Å². The molecule has 1 aliphatic rings. The zero-order chi connectivity index (χ0) is 15.3. The third kappa shape index (κ3) is 5.43. The van der Waals surface area contributed by atoms with Gasteiger partial charge in [0.2, 0.25) is 0 Å². The SMILES string of the molecule is CN=C(NCc1ccc2c(c1)CCC2)NCC(C)(C)OC.I. The van der Waals surface area contributed by atoms with Crippen molar-refractivity contribution in [3.8, 4) is 0 Å². The van der Waals surface area contributed by atoms with E-state index >= 15 is 0 Å². The molecule has 1 aromatic carbocycles. The molecule has 1 aromatic rings. The molecule has 124 valence electrons. The standard InChI is InChI=1S/C17H27N3O.HI/c1-17(2,21-4)12-20-16(18-3)19-11-13-8-9-14-6-5-7-15(14)10-13;/h8-10H,5-7,11-12H2,1-4H3,(H2,18,19,20);1H. The Balaban J connectivity index is 0.00000242. The summed E-state index contributed by atoms with van der Waals surface area (Å²) in [6.45, 7) is 5.61. The van der Waals surface area contributed by atoms with E-state index in [4.69, 9.17) is 4.74 Å². The minimum absolute atomic E-state index is 0. The number of fused-ring (bicyclic) bond motifs is 1. The van der Waals surface area contributed by atoms with Crippen LogP contribution in [0.5, 0.6) is 0 Å². The van der Waals surface area contributed by atoms with Gasteiger partial charge in [-0.1, -0.05) is 18.2 Å². The molecule has 0 saturated carbocycles. The molecule has 0 fully saturated rings. The molecule has 2 rings (SSSR count). The number of rotatable bonds is 5. The molecule has 0 unspecified atom stereocenters. The Morgan fingerprint density at radius 2 is 1.95 bits per heavy atom. The number of halogens is 1. The summed E-state index contributed by atoms with van der Waals surface area (Å²) < 4.78 is 5.40. The highest BCUT2D eigenvalue weighted by atomic mass is 127. The topological polar surface area (TPSA) is 45.7 Å². The number of ether oxygens (including phenoxy) is 1. The Morgan fingerprint density at radius 3 is 2.64 bits per heavy atom. The average Bonchev–Trinajstić information content (AvgIpc) is 2.95. The summed E-state index contributed by atoms with van der Waals surface area (Å²) in [5.41, 5.74) is 4.14. The van der Waals surface area contributed by atoms with E-state index < -0.39 is 0 Å². The summed E-state index contributed by atoms with van der Waals surface area (Å²) in [4.78, 5) is 4.25. The van der Waals surface area contributed by atoms with Gasteiger partial charge in [-0.05, 0) is 49.8 Å². The van der Waals surface area contributed by atoms with Gasteiger partial charge in [-0.15, -0.1) is 24.0 Å². The van der Waals surface area contributed by atoms with Crippen LogP contribution in [-0.4, -0.2) is 32.3 Å². The van der Waals surface area contributed by atoms with E-state index in [0.29, 0.717) is 6.54 Å². The lowest BCUT2D eigenvalue weighted by atomic mass is 10.1. The van der Waals surface area contributed by atoms with E-state index in [-0.39, 0.29) is 29.6 Å². The predicted molar refractivity (Wildman–Crippen MR) is 103 cm³/mol. The molecule has 1 aliphatic carbocycles. The third-order valence-corrected chi connectivity index (χ3v) is 4.08. The average molecular weight is 417 g/mol. The minimum Gasteiger partial charge on any atom is -0.377 e. The van der Waals surface area contributed by atoms with Crippen LogP contribution in [0.15, 0.2) is 23.2 Å². The molecule has 0 atom stereocenters. The van der Waals surface area contributed by atoms with Crippen LogP contribution in [-0.2, 0) is 24.1 Å². The molecule has 0 saturated heterocycles. The molecular weight excluding hydrogens is 389 g/mol. The highest BCUT2D eigenvalue weighted by Crippen LogP contribution is 2.22. The second kappa shape index (κ2) is 8.72. The van der Waals surface area contributed by atoms with Crippen LogP contribution in [0.4, 0.5) is 0 Å². The minimum atomic E-state index is -0.203. The highest BCUT2D eigenvalue weighted by Gasteiger charge is 2.16. The van der Waals surface area contributed by atoms with E-state index in [1.54, 1.807) is 14.2 Å². The van der Waals surface area contributed by atoms with Gasteiger partial charge in [-0.2, -0.15) is 0 Å². The number of aliphatic imine (C=N–C) groups is 1. The monoisotopic (exact) mass is 417 g/mol. The molecule has 4 nitrogen and oxygen atoms in total. The van der Waals surface area contributed by atoms with Crippen molar-refractivity contribution in [2.45, 2.75) is 45.3 Å². The van der Waals surface area contributed by atoms with Crippen LogP contribution in [0.2, 0.25) is 0 Å². The summed E-state index contributed by atoms with van der Waals surface area (Å²) in [6.07, 6.45) is 3.75. The number of methoxy groups -OCH3 is 1. The highest BCUT2D eigenvalue weighted by molar-refractivity contribution is 14.0. The molecule has 5 heteroatoms. The molecule has 0 bridgehead atoms. The van der Waals surface area contributed by atoms with Crippen molar-refractivity contribution in [2.24, 2.45) is 4.99 Å². The fourth-order valence-electron chi connectivity index (χ4n) is 2.51. The number of aryl methyl sites for hydroxylation is 2. The van der Waals surface area contributed by atoms with Crippen molar-refractivity contribution >= 4 is 29.9 Å². The van der Waals surface area contributed by atoms with Crippen LogP contribution < -0.4 is 10.6 Å². The first-order valence-corrected chi connectivity index (χ1v) is 7.64. The van der Waals surface area contributed by atoms with Crippen molar-refractivity contribution in [2.75, 3.05) is 20.7 Å². The summed E-state index contributed by atoms with van der Waals surface area (Å²) >= 11 is 0. The van der Waals surface area contributed by atoms with E-state index in [0.717, 1.165) is 12.5 Å². The van der Waals surface area contributed by atoms with Gasteiger partial charge in [0.15, 0.2) is 5.96 Å². The number of benzene rings is 1. The molecule has 0 heterocycles. The van der Waals surface area contributed by atoms with Gasteiger partial charge < -0.3 is 15.4 Å². The van der Waals surface area contributed by atoms with Crippen LogP contribution in [0.1, 0.15) is 37.0 Å². The van der Waals surface area contributed by atoms with E-state index in [2.05, 4.69) is 33.8 Å². The van der Waals surface area contributed by atoms with Gasteiger partial charge in [-0.3, -0.25) is 4.99 Å². The summed E-state index contributed by atoms with van der Waals surface area (Å²) in [6, 6.07) is 6.80. The molecule has 0 amide bonds. The van der Waals surface area contributed by atoms with Gasteiger partial charge >= 0.3 is 0 Å². The lowest BCUT2D eigenvalue weighted by molar-refractivity contribution is 0.0268. The second-order valence-corrected chi connectivity index (χ2v) is 6.20. The molecule has 0 radical (unpaired) electrons. The lowest BCUT2D eigenvalue weighted by Crippen LogP contribution is -2.45. The maximum atomic E-state index is 5.40. The lowest BCUT2D eigenvalue weighted by Gasteiger charge is -2.24. The van der Waals surface area contributed by atoms with Crippen molar-refractivity contribution in [3.63, 3.8) is 0 Å². The Labute approximate surface area is 151 Å². The number of hydrogen-bond acceptors (Lipinski definition) is 2. The van der Waals surface area contributed by atoms with E-state index in [1.807, 2.05) is 13.8 Å². The van der Waals surface area contributed by atoms with Crippen molar-refractivity contribution in [3.05, 3.63) is 34.9 Å². The largest absolute Gasteiger partial charge is 0.377 e. The zero-order valence-corrected chi connectivity index (χ0v) is 16.4. The van der Waals surface area contributed by atoms with Gasteiger partial charge in [-0.25, -0.2) is 0 Å². The van der Waals surface area contributed by atoms with Gasteiger partial charge in [0.05, 0.1) is 5.60 Å². The molecular formula is C17H28IN3O. The van der Waals surface area contributed by atoms with Crippen molar-refractivity contribution in [1.29, 1.82) is 0 Å². The zero-order valence-electron chi connectivity index (χ0n) is 14.0. The van der Waals surface area contributed by atoms with Crippen LogP contribution >= 0.6 is 24.0 Å². The summed E-state index contributed by atoms with van der Waals surface area (Å²) in [5.74, 6) is 0.806. The maximum Gasteiger partial charge on any atom is 0.191 e. The molecule has 0 aromatic heterocycles. The van der Waals surface area contributed by atoms with Gasteiger partial charge in [0, 0.05) is 27.2 Å². The Morgan fingerprint density at radius 1 is 1.23 bits per heavy atom. The summed E-state index contributed by atoms with van der Waals surface area (Å²) in [7, 11) is 3.51. The first kappa shape index (κ1) is 19.2. The number of guanidine groups is 1. The molecule has 22 heavy (non-hydrogen) atoms. The fourth-order valence-corrected chi connectivity index (χ4v) is 2.51. The predicted octanol–water partition coefficient (Wildman–Crippen LogP) is 2.88. The Kier molecular flexibility index (Phi) is 7.62. The number of nitrogens with one attached hydrogen (secondary N) is 2. The van der Waals surface area contributed by atoms with Crippen LogP contribution in [0, 0.1) is 0 Å². The quantitative estimate of drug-likeness (QED) is 0.440. The van der Waals surface area contributed by atoms with Crippen molar-refractivity contribution < 1.29 is 4.74 Å². The maximum absolute atomic E-state index is 5.40. The van der Waals surface area contributed by atoms with Gasteiger partial charge in [0.1, 0.15) is 0 Å². The fraction of sp³-hybridized carbons (Fsp3) is 0.588. The van der Waals surface area contributed by atoms with E-state index in [1.165, 1.54) is 36.0 Å². The third-order valence-electron chi connectivity index (χ3n) is 4.08. The first-order chi connectivity index (χ1) is 10.0. The Hall–Kier alpha value is -0.820. The van der Waals surface area contributed by atoms with E-state index in [9.17, 15) is 0 Å². The number of nitrogens with zero attached hydrogens (tertiary/aromatic N) is 1.